The quantitative estimate of drug-likeness (QED) is 0.756. The van der Waals surface area contributed by atoms with Gasteiger partial charge in [-0.25, -0.2) is 19.9 Å². The fourth-order valence-corrected chi connectivity index (χ4v) is 1.95. The maximum Gasteiger partial charge on any atom is 0.316 e. The Morgan fingerprint density at radius 1 is 1.20 bits per heavy atom. The van der Waals surface area contributed by atoms with Gasteiger partial charge in [0, 0.05) is 49.6 Å². The van der Waals surface area contributed by atoms with Gasteiger partial charge in [-0.3, -0.25) is 0 Å². The summed E-state index contributed by atoms with van der Waals surface area (Å²) in [5, 5.41) is 0. The second-order valence-electron chi connectivity index (χ2n) is 4.23. The molecule has 20 heavy (non-hydrogen) atoms. The van der Waals surface area contributed by atoms with Gasteiger partial charge in [-0.15, -0.1) is 0 Å². The number of nitrogens with one attached hydrogen (secondary N) is 1. The average molecular weight is 270 g/mol. The third kappa shape index (κ3) is 2.51. The normalized spacial score (nSPS) is 10.7. The Hall–Kier alpha value is -2.70. The molecular weight excluding hydrogens is 256 g/mol. The third-order valence-electron chi connectivity index (χ3n) is 2.96. The number of H-pyrrole nitrogens is 1. The molecular formula is C13H14N6O. The van der Waals surface area contributed by atoms with Crippen LogP contribution in [0.4, 0.5) is 0 Å². The molecule has 0 aromatic carbocycles. The number of ether oxygens (including phenoxy) is 1. The number of hydrogen-bond donors (Lipinski definition) is 1. The van der Waals surface area contributed by atoms with Crippen molar-refractivity contribution in [3.63, 3.8) is 0 Å². The van der Waals surface area contributed by atoms with Crippen molar-refractivity contribution < 1.29 is 4.74 Å². The van der Waals surface area contributed by atoms with Crippen LogP contribution < -0.4 is 4.74 Å². The molecule has 0 radical (unpaired) electrons. The summed E-state index contributed by atoms with van der Waals surface area (Å²) < 4.78 is 7.01. The lowest BCUT2D eigenvalue weighted by Crippen LogP contribution is -2.03. The minimum absolute atomic E-state index is 0.351. The standard InChI is InChI=1S/C13H14N6O/c1-20-13-16-6-10(7-17-13)12-15-3-5-19(12)4-2-11-8-14-9-18-11/h3,5-9H,2,4H2,1H3,(H,14,18). The largest absolute Gasteiger partial charge is 0.467 e. The summed E-state index contributed by atoms with van der Waals surface area (Å²) in [6, 6.07) is 0.351. The van der Waals surface area contributed by atoms with E-state index in [1.54, 1.807) is 32.0 Å². The molecule has 102 valence electrons. The van der Waals surface area contributed by atoms with Crippen molar-refractivity contribution in [2.24, 2.45) is 0 Å². The van der Waals surface area contributed by atoms with Gasteiger partial charge >= 0.3 is 6.01 Å². The van der Waals surface area contributed by atoms with E-state index in [0.717, 1.165) is 30.0 Å². The molecule has 3 rings (SSSR count). The Morgan fingerprint density at radius 2 is 2.05 bits per heavy atom. The van der Waals surface area contributed by atoms with E-state index in [4.69, 9.17) is 4.74 Å². The summed E-state index contributed by atoms with van der Waals surface area (Å²) in [5.74, 6) is 0.840. The summed E-state index contributed by atoms with van der Waals surface area (Å²) >= 11 is 0. The summed E-state index contributed by atoms with van der Waals surface area (Å²) in [6.45, 7) is 0.809. The van der Waals surface area contributed by atoms with Crippen LogP contribution in [0, 0.1) is 0 Å². The van der Waals surface area contributed by atoms with Gasteiger partial charge < -0.3 is 14.3 Å². The predicted octanol–water partition coefficient (Wildman–Crippen LogP) is 1.31. The molecule has 0 saturated carbocycles. The molecule has 0 saturated heterocycles. The van der Waals surface area contributed by atoms with E-state index in [2.05, 4.69) is 29.5 Å². The number of nitrogens with zero attached hydrogens (tertiary/aromatic N) is 5. The van der Waals surface area contributed by atoms with E-state index < -0.39 is 0 Å². The molecule has 0 atom stereocenters. The van der Waals surface area contributed by atoms with Gasteiger partial charge in [0.2, 0.25) is 0 Å². The van der Waals surface area contributed by atoms with Crippen molar-refractivity contribution in [2.45, 2.75) is 13.0 Å². The topological polar surface area (TPSA) is 81.5 Å². The number of aryl methyl sites for hydroxylation is 2. The molecule has 0 unspecified atom stereocenters. The second kappa shape index (κ2) is 5.52. The van der Waals surface area contributed by atoms with Crippen LogP contribution in [0.1, 0.15) is 5.69 Å². The van der Waals surface area contributed by atoms with E-state index in [1.807, 2.05) is 12.4 Å². The van der Waals surface area contributed by atoms with E-state index in [1.165, 1.54) is 0 Å². The van der Waals surface area contributed by atoms with E-state index in [9.17, 15) is 0 Å². The van der Waals surface area contributed by atoms with Crippen LogP contribution in [0.2, 0.25) is 0 Å². The zero-order valence-corrected chi connectivity index (χ0v) is 11.0. The highest BCUT2D eigenvalue weighted by Gasteiger charge is 2.08. The van der Waals surface area contributed by atoms with Crippen molar-refractivity contribution in [3.05, 3.63) is 43.0 Å². The Morgan fingerprint density at radius 3 is 2.75 bits per heavy atom. The molecule has 0 bridgehead atoms. The first-order valence-corrected chi connectivity index (χ1v) is 6.21. The minimum atomic E-state index is 0.351. The summed E-state index contributed by atoms with van der Waals surface area (Å²) in [7, 11) is 1.54. The molecule has 1 N–H and O–H groups in total. The van der Waals surface area contributed by atoms with Crippen molar-refractivity contribution in [2.75, 3.05) is 7.11 Å². The molecule has 0 aliphatic heterocycles. The molecule has 3 heterocycles. The average Bonchev–Trinajstić information content (AvgIpc) is 3.16. The lowest BCUT2D eigenvalue weighted by molar-refractivity contribution is 0.380. The van der Waals surface area contributed by atoms with Crippen LogP contribution in [0.5, 0.6) is 6.01 Å². The van der Waals surface area contributed by atoms with Gasteiger partial charge in [-0.1, -0.05) is 0 Å². The molecule has 7 nitrogen and oxygen atoms in total. The zero-order valence-electron chi connectivity index (χ0n) is 11.0. The second-order valence-corrected chi connectivity index (χ2v) is 4.23. The number of methoxy groups -OCH3 is 1. The van der Waals surface area contributed by atoms with E-state index in [-0.39, 0.29) is 0 Å². The van der Waals surface area contributed by atoms with E-state index in [0.29, 0.717) is 6.01 Å². The first kappa shape index (κ1) is 12.3. The highest BCUT2D eigenvalue weighted by Crippen LogP contribution is 2.17. The molecule has 7 heteroatoms. The van der Waals surface area contributed by atoms with Crippen LogP contribution >= 0.6 is 0 Å². The van der Waals surface area contributed by atoms with Gasteiger partial charge in [-0.2, -0.15) is 0 Å². The van der Waals surface area contributed by atoms with Crippen LogP contribution in [-0.4, -0.2) is 36.6 Å². The Kier molecular flexibility index (Phi) is 3.40. The third-order valence-corrected chi connectivity index (χ3v) is 2.96. The summed E-state index contributed by atoms with van der Waals surface area (Å²) in [5.41, 5.74) is 1.95. The molecule has 0 fully saturated rings. The Balaban J connectivity index is 1.78. The van der Waals surface area contributed by atoms with Crippen LogP contribution in [0.15, 0.2) is 37.3 Å². The maximum atomic E-state index is 4.95. The van der Waals surface area contributed by atoms with Gasteiger partial charge in [0.1, 0.15) is 5.82 Å². The van der Waals surface area contributed by atoms with Gasteiger partial charge in [-0.05, 0) is 0 Å². The number of imidazole rings is 2. The van der Waals surface area contributed by atoms with E-state index >= 15 is 0 Å². The molecule has 0 aliphatic carbocycles. The molecule has 0 amide bonds. The maximum absolute atomic E-state index is 4.95. The van der Waals surface area contributed by atoms with Crippen molar-refractivity contribution in [1.29, 1.82) is 0 Å². The number of aromatic amines is 1. The fourth-order valence-electron chi connectivity index (χ4n) is 1.95. The number of hydrogen-bond acceptors (Lipinski definition) is 5. The smallest absolute Gasteiger partial charge is 0.316 e. The fraction of sp³-hybridized carbons (Fsp3) is 0.231. The number of rotatable bonds is 5. The highest BCUT2D eigenvalue weighted by molar-refractivity contribution is 5.52. The lowest BCUT2D eigenvalue weighted by atomic mass is 10.3. The lowest BCUT2D eigenvalue weighted by Gasteiger charge is -2.07. The van der Waals surface area contributed by atoms with Gasteiger partial charge in [0.15, 0.2) is 0 Å². The van der Waals surface area contributed by atoms with Crippen molar-refractivity contribution in [1.82, 2.24) is 29.5 Å². The molecule has 3 aromatic heterocycles. The number of aromatic nitrogens is 6. The van der Waals surface area contributed by atoms with Crippen LogP contribution in [-0.2, 0) is 13.0 Å². The summed E-state index contributed by atoms with van der Waals surface area (Å²) in [6.07, 6.45) is 11.5. The molecule has 0 aliphatic rings. The van der Waals surface area contributed by atoms with Gasteiger partial charge in [0.05, 0.1) is 19.0 Å². The minimum Gasteiger partial charge on any atom is -0.467 e. The predicted molar refractivity (Wildman–Crippen MR) is 72.1 cm³/mol. The SMILES string of the molecule is COc1ncc(-c2nccn2CCc2cnc[nH]2)cn1. The van der Waals surface area contributed by atoms with Gasteiger partial charge in [0.25, 0.3) is 0 Å². The highest BCUT2D eigenvalue weighted by atomic mass is 16.5. The Labute approximate surface area is 115 Å². The molecule has 3 aromatic rings. The molecule has 0 spiro atoms. The first-order valence-electron chi connectivity index (χ1n) is 6.21. The Bertz CT molecular complexity index is 658. The first-order chi connectivity index (χ1) is 9.86. The van der Waals surface area contributed by atoms with Crippen LogP contribution in [0.3, 0.4) is 0 Å². The van der Waals surface area contributed by atoms with Crippen LogP contribution in [0.25, 0.3) is 11.4 Å². The van der Waals surface area contributed by atoms with Crippen molar-refractivity contribution in [3.8, 4) is 17.4 Å². The van der Waals surface area contributed by atoms with Crippen molar-refractivity contribution >= 4 is 0 Å². The zero-order chi connectivity index (χ0) is 13.8. The summed E-state index contributed by atoms with van der Waals surface area (Å²) in [4.78, 5) is 19.7. The monoisotopic (exact) mass is 270 g/mol.